The third kappa shape index (κ3) is 2.64. The predicted molar refractivity (Wildman–Crippen MR) is 58.7 cm³/mol. The highest BCUT2D eigenvalue weighted by Crippen LogP contribution is 2.22. The molecule has 0 unspecified atom stereocenters. The van der Waals surface area contributed by atoms with Crippen molar-refractivity contribution < 1.29 is 4.79 Å². The first kappa shape index (κ1) is 10.9. The lowest BCUT2D eigenvalue weighted by molar-refractivity contribution is -0.118. The summed E-state index contributed by atoms with van der Waals surface area (Å²) < 4.78 is 0. The van der Waals surface area contributed by atoms with Crippen molar-refractivity contribution in [1.82, 2.24) is 5.32 Å². The van der Waals surface area contributed by atoms with E-state index in [1.54, 1.807) is 7.05 Å². The minimum absolute atomic E-state index is 0.0515. The average molecular weight is 213 g/mol. The van der Waals surface area contributed by atoms with Gasteiger partial charge in [0, 0.05) is 17.8 Å². The highest BCUT2D eigenvalue weighted by Gasteiger charge is 2.02. The lowest BCUT2D eigenvalue weighted by atomic mass is 10.2. The number of hydrogen-bond donors (Lipinski definition) is 2. The molecule has 0 atom stereocenters. The molecule has 0 aliphatic rings. The first-order valence-corrected chi connectivity index (χ1v) is 4.72. The number of halogens is 1. The third-order valence-corrected chi connectivity index (χ3v) is 2.40. The molecule has 0 radical (unpaired) electrons. The second kappa shape index (κ2) is 4.86. The Bertz CT molecular complexity index is 339. The van der Waals surface area contributed by atoms with E-state index in [9.17, 15) is 4.79 Å². The van der Waals surface area contributed by atoms with Crippen LogP contribution in [0.4, 0.5) is 5.69 Å². The summed E-state index contributed by atoms with van der Waals surface area (Å²) in [5.74, 6) is -0.0515. The number of carbonyl (C=O) groups excluding carboxylic acids is 1. The van der Waals surface area contributed by atoms with Crippen molar-refractivity contribution in [2.45, 2.75) is 6.92 Å². The summed E-state index contributed by atoms with van der Waals surface area (Å²) >= 11 is 5.92. The predicted octanol–water partition coefficient (Wildman–Crippen LogP) is 1.81. The second-order valence-corrected chi connectivity index (χ2v) is 3.35. The first-order chi connectivity index (χ1) is 6.65. The molecule has 1 rings (SSSR count). The van der Waals surface area contributed by atoms with Crippen molar-refractivity contribution in [1.29, 1.82) is 0 Å². The van der Waals surface area contributed by atoms with Crippen LogP contribution in [0, 0.1) is 6.92 Å². The van der Waals surface area contributed by atoms with Gasteiger partial charge in [0.05, 0.1) is 6.54 Å². The van der Waals surface area contributed by atoms with Gasteiger partial charge in [-0.15, -0.1) is 0 Å². The summed E-state index contributed by atoms with van der Waals surface area (Å²) in [6.45, 7) is 2.17. The van der Waals surface area contributed by atoms with E-state index in [0.717, 1.165) is 11.3 Å². The molecule has 1 aromatic rings. The minimum atomic E-state index is -0.0515. The number of anilines is 1. The molecule has 0 bridgehead atoms. The van der Waals surface area contributed by atoms with Crippen LogP contribution in [0.3, 0.4) is 0 Å². The Hall–Kier alpha value is -1.22. The molecule has 0 aromatic heterocycles. The van der Waals surface area contributed by atoms with Crippen LogP contribution in [-0.2, 0) is 4.79 Å². The number of amides is 1. The van der Waals surface area contributed by atoms with Gasteiger partial charge in [0.15, 0.2) is 0 Å². The molecule has 0 fully saturated rings. The fraction of sp³-hybridized carbons (Fsp3) is 0.300. The van der Waals surface area contributed by atoms with E-state index in [1.807, 2.05) is 25.1 Å². The van der Waals surface area contributed by atoms with Gasteiger partial charge in [0.2, 0.25) is 5.91 Å². The number of nitrogens with one attached hydrogen (secondary N) is 2. The number of benzene rings is 1. The molecule has 0 saturated carbocycles. The monoisotopic (exact) mass is 212 g/mol. The molecule has 1 amide bonds. The lowest BCUT2D eigenvalue weighted by Crippen LogP contribution is -2.26. The smallest absolute Gasteiger partial charge is 0.239 e. The Morgan fingerprint density at radius 3 is 2.86 bits per heavy atom. The Labute approximate surface area is 88.5 Å². The molecule has 1 aromatic carbocycles. The summed E-state index contributed by atoms with van der Waals surface area (Å²) in [5.41, 5.74) is 1.85. The van der Waals surface area contributed by atoms with Crippen LogP contribution in [0.5, 0.6) is 0 Å². The number of hydrogen-bond acceptors (Lipinski definition) is 2. The molecule has 2 N–H and O–H groups in total. The van der Waals surface area contributed by atoms with E-state index >= 15 is 0 Å². The number of likely N-dealkylation sites (N-methyl/N-ethyl adjacent to an activating group) is 1. The first-order valence-electron chi connectivity index (χ1n) is 4.34. The Balaban J connectivity index is 2.68. The van der Waals surface area contributed by atoms with Crippen LogP contribution in [0.1, 0.15) is 5.56 Å². The fourth-order valence-electron chi connectivity index (χ4n) is 1.06. The van der Waals surface area contributed by atoms with Gasteiger partial charge in [-0.2, -0.15) is 0 Å². The molecule has 0 heterocycles. The van der Waals surface area contributed by atoms with Crippen LogP contribution < -0.4 is 10.6 Å². The van der Waals surface area contributed by atoms with E-state index in [-0.39, 0.29) is 12.5 Å². The van der Waals surface area contributed by atoms with Crippen molar-refractivity contribution in [2.75, 3.05) is 18.9 Å². The van der Waals surface area contributed by atoms with Gasteiger partial charge in [0.1, 0.15) is 0 Å². The standard InChI is InChI=1S/C10H13ClN2O/c1-7-8(11)4-3-5-9(7)13-6-10(14)12-2/h3-5,13H,6H2,1-2H3,(H,12,14). The molecule has 0 saturated heterocycles. The van der Waals surface area contributed by atoms with Crippen LogP contribution in [0.25, 0.3) is 0 Å². The van der Waals surface area contributed by atoms with E-state index in [1.165, 1.54) is 0 Å². The van der Waals surface area contributed by atoms with Crippen LogP contribution in [0.2, 0.25) is 5.02 Å². The molecular formula is C10H13ClN2O. The van der Waals surface area contributed by atoms with Crippen molar-refractivity contribution in [2.24, 2.45) is 0 Å². The van der Waals surface area contributed by atoms with E-state index in [0.29, 0.717) is 5.02 Å². The Morgan fingerprint density at radius 2 is 2.21 bits per heavy atom. The van der Waals surface area contributed by atoms with Gasteiger partial charge >= 0.3 is 0 Å². The summed E-state index contributed by atoms with van der Waals surface area (Å²) in [4.78, 5) is 11.0. The van der Waals surface area contributed by atoms with Gasteiger partial charge in [0.25, 0.3) is 0 Å². The molecular weight excluding hydrogens is 200 g/mol. The highest BCUT2D eigenvalue weighted by molar-refractivity contribution is 6.31. The van der Waals surface area contributed by atoms with Gasteiger partial charge in [-0.25, -0.2) is 0 Å². The van der Waals surface area contributed by atoms with Crippen LogP contribution in [0.15, 0.2) is 18.2 Å². The lowest BCUT2D eigenvalue weighted by Gasteiger charge is -2.09. The van der Waals surface area contributed by atoms with Crippen molar-refractivity contribution in [3.05, 3.63) is 28.8 Å². The quantitative estimate of drug-likeness (QED) is 0.803. The Kier molecular flexibility index (Phi) is 3.77. The SMILES string of the molecule is CNC(=O)CNc1cccc(Cl)c1C. The summed E-state index contributed by atoms with van der Waals surface area (Å²) in [6, 6.07) is 5.56. The molecule has 4 heteroatoms. The second-order valence-electron chi connectivity index (χ2n) is 2.94. The summed E-state index contributed by atoms with van der Waals surface area (Å²) in [5, 5.41) is 6.24. The van der Waals surface area contributed by atoms with E-state index in [2.05, 4.69) is 10.6 Å². The van der Waals surface area contributed by atoms with Crippen LogP contribution >= 0.6 is 11.6 Å². The molecule has 76 valence electrons. The fourth-order valence-corrected chi connectivity index (χ4v) is 1.24. The molecule has 0 spiro atoms. The molecule has 0 aliphatic heterocycles. The topological polar surface area (TPSA) is 41.1 Å². The van der Waals surface area contributed by atoms with E-state index in [4.69, 9.17) is 11.6 Å². The zero-order valence-electron chi connectivity index (χ0n) is 8.23. The average Bonchev–Trinajstić information content (AvgIpc) is 2.20. The van der Waals surface area contributed by atoms with Gasteiger partial charge in [-0.3, -0.25) is 4.79 Å². The van der Waals surface area contributed by atoms with Gasteiger partial charge in [-0.1, -0.05) is 17.7 Å². The summed E-state index contributed by atoms with van der Waals surface area (Å²) in [6.07, 6.45) is 0. The van der Waals surface area contributed by atoms with Crippen molar-refractivity contribution >= 4 is 23.2 Å². The zero-order chi connectivity index (χ0) is 10.6. The van der Waals surface area contributed by atoms with Gasteiger partial charge < -0.3 is 10.6 Å². The normalized spacial score (nSPS) is 9.64. The number of carbonyl (C=O) groups is 1. The van der Waals surface area contributed by atoms with Crippen molar-refractivity contribution in [3.63, 3.8) is 0 Å². The van der Waals surface area contributed by atoms with Crippen molar-refractivity contribution in [3.8, 4) is 0 Å². The molecule has 0 aliphatic carbocycles. The molecule has 3 nitrogen and oxygen atoms in total. The van der Waals surface area contributed by atoms with E-state index < -0.39 is 0 Å². The zero-order valence-corrected chi connectivity index (χ0v) is 8.98. The minimum Gasteiger partial charge on any atom is -0.376 e. The van der Waals surface area contributed by atoms with Gasteiger partial charge in [-0.05, 0) is 24.6 Å². The maximum atomic E-state index is 11.0. The summed E-state index contributed by atoms with van der Waals surface area (Å²) in [7, 11) is 1.61. The third-order valence-electron chi connectivity index (χ3n) is 1.99. The maximum Gasteiger partial charge on any atom is 0.239 e. The largest absolute Gasteiger partial charge is 0.376 e. The van der Waals surface area contributed by atoms with Crippen LogP contribution in [-0.4, -0.2) is 19.5 Å². The maximum absolute atomic E-state index is 11.0. The highest BCUT2D eigenvalue weighted by atomic mass is 35.5. The Morgan fingerprint density at radius 1 is 1.50 bits per heavy atom. The molecule has 14 heavy (non-hydrogen) atoms. The number of rotatable bonds is 3.